The smallest absolute Gasteiger partial charge is 0.316 e. The summed E-state index contributed by atoms with van der Waals surface area (Å²) >= 11 is 0. The van der Waals surface area contributed by atoms with Crippen molar-refractivity contribution in [2.75, 3.05) is 11.4 Å². The lowest BCUT2D eigenvalue weighted by atomic mass is 10.1. The zero-order valence-corrected chi connectivity index (χ0v) is 16.4. The highest BCUT2D eigenvalue weighted by Gasteiger charge is 2.36. The van der Waals surface area contributed by atoms with Crippen molar-refractivity contribution < 1.29 is 14.3 Å². The van der Waals surface area contributed by atoms with Gasteiger partial charge in [-0.05, 0) is 47.4 Å². The lowest BCUT2D eigenvalue weighted by Crippen LogP contribution is -2.27. The van der Waals surface area contributed by atoms with Crippen molar-refractivity contribution in [2.45, 2.75) is 19.8 Å². The molecule has 0 bridgehead atoms. The second-order valence-electron chi connectivity index (χ2n) is 7.24. The molecule has 1 saturated heterocycles. The average molecular weight is 385 g/mol. The summed E-state index contributed by atoms with van der Waals surface area (Å²) in [7, 11) is 0. The van der Waals surface area contributed by atoms with Crippen LogP contribution in [0.3, 0.4) is 0 Å². The number of anilines is 1. The monoisotopic (exact) mass is 385 g/mol. The Morgan fingerprint density at radius 2 is 1.59 bits per heavy atom. The van der Waals surface area contributed by atoms with Crippen LogP contribution in [0, 0.1) is 5.92 Å². The highest BCUT2D eigenvalue weighted by molar-refractivity contribution is 5.99. The van der Waals surface area contributed by atoms with E-state index in [-0.39, 0.29) is 18.3 Å². The van der Waals surface area contributed by atoms with E-state index in [1.54, 1.807) is 17.0 Å². The van der Waals surface area contributed by atoms with Gasteiger partial charge in [0.25, 0.3) is 0 Å². The molecular formula is C25H23NO3. The molecule has 0 radical (unpaired) electrons. The predicted molar refractivity (Wildman–Crippen MR) is 114 cm³/mol. The van der Waals surface area contributed by atoms with Gasteiger partial charge in [-0.25, -0.2) is 0 Å². The first kappa shape index (κ1) is 18.9. The number of carbonyl (C=O) groups is 2. The molecule has 1 atom stereocenters. The molecule has 1 aliphatic rings. The van der Waals surface area contributed by atoms with Crippen LogP contribution in [0.25, 0.3) is 11.1 Å². The Kier molecular flexibility index (Phi) is 5.43. The van der Waals surface area contributed by atoms with E-state index in [1.807, 2.05) is 66.7 Å². The van der Waals surface area contributed by atoms with Gasteiger partial charge >= 0.3 is 5.97 Å². The Morgan fingerprint density at radius 1 is 0.931 bits per heavy atom. The number of amides is 1. The Labute approximate surface area is 170 Å². The molecule has 3 aromatic rings. The van der Waals surface area contributed by atoms with Crippen molar-refractivity contribution in [3.8, 4) is 16.9 Å². The minimum atomic E-state index is -0.456. The Balaban J connectivity index is 1.40. The summed E-state index contributed by atoms with van der Waals surface area (Å²) in [6.07, 6.45) is 1.13. The molecule has 3 aromatic carbocycles. The molecule has 1 fully saturated rings. The molecule has 29 heavy (non-hydrogen) atoms. The second kappa shape index (κ2) is 8.31. The largest absolute Gasteiger partial charge is 0.426 e. The average Bonchev–Trinajstić information content (AvgIpc) is 3.17. The van der Waals surface area contributed by atoms with Gasteiger partial charge in [-0.1, -0.05) is 61.5 Å². The summed E-state index contributed by atoms with van der Waals surface area (Å²) < 4.78 is 5.54. The Bertz CT molecular complexity index is 995. The van der Waals surface area contributed by atoms with Crippen molar-refractivity contribution in [3.63, 3.8) is 0 Å². The number of esters is 1. The minimum absolute atomic E-state index is 0.0457. The molecule has 4 nitrogen and oxygen atoms in total. The van der Waals surface area contributed by atoms with E-state index in [9.17, 15) is 9.59 Å². The quantitative estimate of drug-likeness (QED) is 0.465. The van der Waals surface area contributed by atoms with E-state index in [0.29, 0.717) is 12.3 Å². The van der Waals surface area contributed by atoms with Crippen LogP contribution in [0.4, 0.5) is 5.69 Å². The lowest BCUT2D eigenvalue weighted by molar-refractivity contribution is -0.139. The number of ether oxygens (including phenoxy) is 1. The Hall–Kier alpha value is -3.40. The first-order chi connectivity index (χ1) is 14.1. The van der Waals surface area contributed by atoms with Crippen molar-refractivity contribution in [2.24, 2.45) is 5.92 Å². The van der Waals surface area contributed by atoms with Crippen molar-refractivity contribution >= 4 is 17.6 Å². The number of benzene rings is 3. The Morgan fingerprint density at radius 3 is 2.24 bits per heavy atom. The highest BCUT2D eigenvalue weighted by Crippen LogP contribution is 2.28. The summed E-state index contributed by atoms with van der Waals surface area (Å²) in [6.45, 7) is 2.44. The van der Waals surface area contributed by atoms with E-state index < -0.39 is 5.92 Å². The molecule has 4 rings (SSSR count). The highest BCUT2D eigenvalue weighted by atomic mass is 16.5. The zero-order chi connectivity index (χ0) is 20.2. The standard InChI is InChI=1S/C25H23NO3/c1-2-18-8-12-22(13-9-18)26-17-21(16-24(26)27)25(28)29-23-14-10-20(11-15-23)19-6-4-3-5-7-19/h3-15,21H,2,16-17H2,1H3/t21-/m0/s1. The van der Waals surface area contributed by atoms with Gasteiger partial charge in [0, 0.05) is 18.7 Å². The van der Waals surface area contributed by atoms with Gasteiger partial charge in [0.15, 0.2) is 0 Å². The van der Waals surface area contributed by atoms with Gasteiger partial charge in [-0.3, -0.25) is 9.59 Å². The summed E-state index contributed by atoms with van der Waals surface area (Å²) in [5.41, 5.74) is 4.21. The number of rotatable bonds is 5. The van der Waals surface area contributed by atoms with E-state index in [0.717, 1.165) is 23.2 Å². The van der Waals surface area contributed by atoms with Crippen molar-refractivity contribution in [3.05, 3.63) is 84.4 Å². The molecule has 0 aromatic heterocycles. The third kappa shape index (κ3) is 4.21. The molecule has 0 saturated carbocycles. The molecule has 1 aliphatic heterocycles. The van der Waals surface area contributed by atoms with Crippen LogP contribution in [0.15, 0.2) is 78.9 Å². The molecule has 4 heteroatoms. The third-order valence-corrected chi connectivity index (χ3v) is 5.29. The molecular weight excluding hydrogens is 362 g/mol. The van der Waals surface area contributed by atoms with Crippen LogP contribution in [-0.2, 0) is 16.0 Å². The van der Waals surface area contributed by atoms with Crippen molar-refractivity contribution in [1.29, 1.82) is 0 Å². The van der Waals surface area contributed by atoms with E-state index in [2.05, 4.69) is 6.92 Å². The SMILES string of the molecule is CCc1ccc(N2C[C@@H](C(=O)Oc3ccc(-c4ccccc4)cc3)CC2=O)cc1. The van der Waals surface area contributed by atoms with Crippen LogP contribution < -0.4 is 9.64 Å². The van der Waals surface area contributed by atoms with Gasteiger partial charge in [-0.2, -0.15) is 0 Å². The lowest BCUT2D eigenvalue weighted by Gasteiger charge is -2.17. The first-order valence-electron chi connectivity index (χ1n) is 9.90. The first-order valence-corrected chi connectivity index (χ1v) is 9.90. The normalized spacial score (nSPS) is 16.1. The molecule has 0 aliphatic carbocycles. The predicted octanol–water partition coefficient (Wildman–Crippen LogP) is 4.87. The van der Waals surface area contributed by atoms with Gasteiger partial charge in [0.1, 0.15) is 5.75 Å². The van der Waals surface area contributed by atoms with Gasteiger partial charge in [0.2, 0.25) is 5.91 Å². The molecule has 0 unspecified atom stereocenters. The molecule has 0 spiro atoms. The van der Waals surface area contributed by atoms with E-state index in [4.69, 9.17) is 4.74 Å². The zero-order valence-electron chi connectivity index (χ0n) is 16.4. The number of hydrogen-bond acceptors (Lipinski definition) is 3. The van der Waals surface area contributed by atoms with Crippen molar-refractivity contribution in [1.82, 2.24) is 0 Å². The summed E-state index contributed by atoms with van der Waals surface area (Å²) in [5, 5.41) is 0. The molecule has 0 N–H and O–H groups in total. The fourth-order valence-corrected chi connectivity index (χ4v) is 3.57. The van der Waals surface area contributed by atoms with Gasteiger partial charge < -0.3 is 9.64 Å². The topological polar surface area (TPSA) is 46.6 Å². The van der Waals surface area contributed by atoms with Crippen LogP contribution in [-0.4, -0.2) is 18.4 Å². The number of aryl methyl sites for hydroxylation is 1. The van der Waals surface area contributed by atoms with Crippen LogP contribution in [0.5, 0.6) is 5.75 Å². The van der Waals surface area contributed by atoms with Gasteiger partial charge in [-0.15, -0.1) is 0 Å². The fraction of sp³-hybridized carbons (Fsp3) is 0.200. The molecule has 1 heterocycles. The second-order valence-corrected chi connectivity index (χ2v) is 7.24. The summed E-state index contributed by atoms with van der Waals surface area (Å²) in [4.78, 5) is 26.7. The summed E-state index contributed by atoms with van der Waals surface area (Å²) in [5.74, 6) is -0.371. The number of nitrogens with zero attached hydrogens (tertiary/aromatic N) is 1. The fourth-order valence-electron chi connectivity index (χ4n) is 3.57. The van der Waals surface area contributed by atoms with Crippen LogP contribution in [0.2, 0.25) is 0 Å². The van der Waals surface area contributed by atoms with E-state index in [1.165, 1.54) is 5.56 Å². The third-order valence-electron chi connectivity index (χ3n) is 5.29. The van der Waals surface area contributed by atoms with Gasteiger partial charge in [0.05, 0.1) is 5.92 Å². The maximum absolute atomic E-state index is 12.6. The molecule has 146 valence electrons. The maximum Gasteiger partial charge on any atom is 0.316 e. The summed E-state index contributed by atoms with van der Waals surface area (Å²) in [6, 6.07) is 25.4. The number of carbonyl (C=O) groups excluding carboxylic acids is 2. The minimum Gasteiger partial charge on any atom is -0.426 e. The van der Waals surface area contributed by atoms with E-state index >= 15 is 0 Å². The van der Waals surface area contributed by atoms with Crippen LogP contribution >= 0.6 is 0 Å². The maximum atomic E-state index is 12.6. The number of hydrogen-bond donors (Lipinski definition) is 0. The van der Waals surface area contributed by atoms with Crippen LogP contribution in [0.1, 0.15) is 18.9 Å². The molecule has 1 amide bonds.